The maximum Gasteiger partial charge on any atom is 0.242 e. The average Bonchev–Trinajstić information content (AvgIpc) is 3.05. The number of nitrogens with zero attached hydrogens (tertiary/aromatic N) is 3. The minimum Gasteiger partial charge on any atom is -0.493 e. The first-order chi connectivity index (χ1) is 13.6. The molecule has 0 atom stereocenters. The molecule has 0 aliphatic rings. The van der Waals surface area contributed by atoms with Gasteiger partial charge in [-0.05, 0) is 45.0 Å². The summed E-state index contributed by atoms with van der Waals surface area (Å²) in [6.45, 7) is 8.40. The molecule has 0 aliphatic heterocycles. The van der Waals surface area contributed by atoms with Crippen molar-refractivity contribution >= 4 is 28.7 Å². The van der Waals surface area contributed by atoms with Gasteiger partial charge in [0, 0.05) is 18.8 Å². The zero-order chi connectivity index (χ0) is 19.9. The maximum absolute atomic E-state index is 12.7. The highest BCUT2D eigenvalue weighted by molar-refractivity contribution is 7.99. The predicted octanol–water partition coefficient (Wildman–Crippen LogP) is 4.38. The zero-order valence-corrected chi connectivity index (χ0v) is 17.5. The molecule has 0 bridgehead atoms. The number of thioether (sulfide) groups is 1. The highest BCUT2D eigenvalue weighted by Gasteiger charge is 2.16. The molecule has 148 valence electrons. The van der Waals surface area contributed by atoms with E-state index in [-0.39, 0.29) is 5.91 Å². The van der Waals surface area contributed by atoms with Crippen LogP contribution in [0.4, 0.5) is 0 Å². The van der Waals surface area contributed by atoms with Gasteiger partial charge in [0.25, 0.3) is 0 Å². The third kappa shape index (κ3) is 4.87. The van der Waals surface area contributed by atoms with Gasteiger partial charge in [-0.25, -0.2) is 4.98 Å². The van der Waals surface area contributed by atoms with Gasteiger partial charge >= 0.3 is 0 Å². The number of imidazole rings is 1. The van der Waals surface area contributed by atoms with E-state index in [0.29, 0.717) is 13.2 Å². The molecule has 0 fully saturated rings. The lowest BCUT2D eigenvalue weighted by molar-refractivity contribution is -0.131. The quantitative estimate of drug-likeness (QED) is 0.397. The highest BCUT2D eigenvalue weighted by Crippen LogP contribution is 2.24. The lowest BCUT2D eigenvalue weighted by Crippen LogP contribution is -2.33. The van der Waals surface area contributed by atoms with Gasteiger partial charge in [0.2, 0.25) is 5.91 Å². The van der Waals surface area contributed by atoms with Crippen LogP contribution in [-0.4, -0.2) is 45.8 Å². The lowest BCUT2D eigenvalue weighted by Gasteiger charge is -2.19. The Labute approximate surface area is 170 Å². The molecule has 2 aromatic carbocycles. The summed E-state index contributed by atoms with van der Waals surface area (Å²) in [5.74, 6) is 1.75. The van der Waals surface area contributed by atoms with E-state index >= 15 is 0 Å². The number of hydrogen-bond acceptors (Lipinski definition) is 4. The van der Waals surface area contributed by atoms with E-state index in [9.17, 15) is 4.79 Å². The fourth-order valence-electron chi connectivity index (χ4n) is 3.05. The number of fused-ring (bicyclic) bond motifs is 1. The number of aryl methyl sites for hydroxylation is 1. The van der Waals surface area contributed by atoms with Gasteiger partial charge in [-0.1, -0.05) is 41.6 Å². The van der Waals surface area contributed by atoms with E-state index in [1.54, 1.807) is 11.8 Å². The summed E-state index contributed by atoms with van der Waals surface area (Å²) >= 11 is 1.62. The number of carbonyl (C=O) groups excluding carboxylic acids is 1. The highest BCUT2D eigenvalue weighted by atomic mass is 32.2. The molecule has 0 radical (unpaired) electrons. The van der Waals surface area contributed by atoms with Crippen molar-refractivity contribution in [2.75, 3.05) is 25.4 Å². The molecule has 3 rings (SSSR count). The van der Waals surface area contributed by atoms with Gasteiger partial charge in [-0.3, -0.25) is 4.79 Å². The minimum atomic E-state index is 0.117. The van der Waals surface area contributed by atoms with Gasteiger partial charge in [-0.15, -0.1) is 0 Å². The Morgan fingerprint density at radius 1 is 1.11 bits per heavy atom. The first kappa shape index (κ1) is 20.3. The molecule has 1 heterocycles. The fourth-order valence-corrected chi connectivity index (χ4v) is 3.89. The number of aromatic nitrogens is 2. The first-order valence-electron chi connectivity index (χ1n) is 9.67. The summed E-state index contributed by atoms with van der Waals surface area (Å²) in [6.07, 6.45) is 0. The molecule has 1 amide bonds. The van der Waals surface area contributed by atoms with E-state index in [1.165, 1.54) is 5.56 Å². The number of ether oxygens (including phenoxy) is 1. The molecule has 0 aliphatic carbocycles. The monoisotopic (exact) mass is 397 g/mol. The summed E-state index contributed by atoms with van der Waals surface area (Å²) < 4.78 is 7.84. The fraction of sp³-hybridized carbons (Fsp3) is 0.364. The van der Waals surface area contributed by atoms with Crippen LogP contribution < -0.4 is 4.74 Å². The van der Waals surface area contributed by atoms with Crippen LogP contribution in [0.1, 0.15) is 19.4 Å². The van der Waals surface area contributed by atoms with Crippen molar-refractivity contribution in [2.45, 2.75) is 32.5 Å². The summed E-state index contributed by atoms with van der Waals surface area (Å²) in [6, 6.07) is 16.0. The lowest BCUT2D eigenvalue weighted by atomic mass is 10.2. The maximum atomic E-state index is 12.7. The van der Waals surface area contributed by atoms with Crippen molar-refractivity contribution in [2.24, 2.45) is 0 Å². The van der Waals surface area contributed by atoms with Crippen molar-refractivity contribution in [1.29, 1.82) is 0 Å². The normalized spacial score (nSPS) is 11.0. The van der Waals surface area contributed by atoms with Crippen molar-refractivity contribution in [3.05, 3.63) is 54.1 Å². The summed E-state index contributed by atoms with van der Waals surface area (Å²) in [7, 11) is 0. The van der Waals surface area contributed by atoms with Gasteiger partial charge in [0.05, 0.1) is 17.6 Å². The second-order valence-corrected chi connectivity index (χ2v) is 7.61. The Balaban J connectivity index is 1.69. The summed E-state index contributed by atoms with van der Waals surface area (Å²) in [4.78, 5) is 19.2. The molecular weight excluding hydrogens is 370 g/mol. The van der Waals surface area contributed by atoms with Gasteiger partial charge in [0.15, 0.2) is 5.16 Å². The SMILES string of the molecule is CCN(CC)C(=O)Cn1c(SCCOc2ccc(C)cc2)nc2ccccc21. The number of benzene rings is 2. The molecule has 0 saturated carbocycles. The van der Waals surface area contributed by atoms with E-state index in [1.807, 2.05) is 71.8 Å². The molecule has 6 heteroatoms. The van der Waals surface area contributed by atoms with Gasteiger partial charge < -0.3 is 14.2 Å². The largest absolute Gasteiger partial charge is 0.493 e. The number of para-hydroxylation sites is 2. The first-order valence-corrected chi connectivity index (χ1v) is 10.7. The Kier molecular flexibility index (Phi) is 6.98. The van der Waals surface area contributed by atoms with Crippen molar-refractivity contribution in [3.63, 3.8) is 0 Å². The number of amides is 1. The van der Waals surface area contributed by atoms with Crippen LogP contribution >= 0.6 is 11.8 Å². The second-order valence-electron chi connectivity index (χ2n) is 6.55. The Hall–Kier alpha value is -2.47. The Bertz CT molecular complexity index is 917. The Morgan fingerprint density at radius 3 is 2.54 bits per heavy atom. The summed E-state index contributed by atoms with van der Waals surface area (Å²) in [5, 5.41) is 0.856. The molecule has 0 unspecified atom stereocenters. The number of carbonyl (C=O) groups is 1. The van der Waals surface area contributed by atoms with Crippen molar-refractivity contribution in [3.8, 4) is 5.75 Å². The van der Waals surface area contributed by atoms with Gasteiger partial charge in [0.1, 0.15) is 12.3 Å². The van der Waals surface area contributed by atoms with Crippen LogP contribution in [0.5, 0.6) is 5.75 Å². The zero-order valence-electron chi connectivity index (χ0n) is 16.7. The molecule has 0 saturated heterocycles. The second kappa shape index (κ2) is 9.64. The van der Waals surface area contributed by atoms with Gasteiger partial charge in [-0.2, -0.15) is 0 Å². The topological polar surface area (TPSA) is 47.4 Å². The van der Waals surface area contributed by atoms with Crippen LogP contribution in [0.15, 0.2) is 53.7 Å². The van der Waals surface area contributed by atoms with Crippen molar-refractivity contribution < 1.29 is 9.53 Å². The molecule has 28 heavy (non-hydrogen) atoms. The molecular formula is C22H27N3O2S. The minimum absolute atomic E-state index is 0.117. The van der Waals surface area contributed by atoms with Crippen molar-refractivity contribution in [1.82, 2.24) is 14.5 Å². The van der Waals surface area contributed by atoms with E-state index in [4.69, 9.17) is 9.72 Å². The van der Waals surface area contributed by atoms with Crippen LogP contribution in [0.25, 0.3) is 11.0 Å². The predicted molar refractivity (Wildman–Crippen MR) is 115 cm³/mol. The standard InChI is InChI=1S/C22H27N3O2S/c1-4-24(5-2)21(26)16-25-20-9-7-6-8-19(20)23-22(25)28-15-14-27-18-12-10-17(3)11-13-18/h6-13H,4-5,14-16H2,1-3H3. The molecule has 5 nitrogen and oxygen atoms in total. The molecule has 3 aromatic rings. The summed E-state index contributed by atoms with van der Waals surface area (Å²) in [5.41, 5.74) is 3.12. The third-order valence-electron chi connectivity index (χ3n) is 4.63. The number of hydrogen-bond donors (Lipinski definition) is 0. The number of rotatable bonds is 9. The van der Waals surface area contributed by atoms with Crippen LogP contribution in [0.3, 0.4) is 0 Å². The average molecular weight is 398 g/mol. The van der Waals surface area contributed by atoms with Crippen LogP contribution in [0, 0.1) is 6.92 Å². The van der Waals surface area contributed by atoms with E-state index in [2.05, 4.69) is 6.92 Å². The smallest absolute Gasteiger partial charge is 0.242 e. The van der Waals surface area contributed by atoms with Crippen LogP contribution in [-0.2, 0) is 11.3 Å². The third-order valence-corrected chi connectivity index (χ3v) is 5.57. The molecule has 1 aromatic heterocycles. The molecule has 0 N–H and O–H groups in total. The molecule has 0 spiro atoms. The van der Waals surface area contributed by atoms with E-state index in [0.717, 1.165) is 40.8 Å². The van der Waals surface area contributed by atoms with E-state index < -0.39 is 0 Å². The van der Waals surface area contributed by atoms with Crippen LogP contribution in [0.2, 0.25) is 0 Å². The Morgan fingerprint density at radius 2 is 1.82 bits per heavy atom. The number of likely N-dealkylation sites (N-methyl/N-ethyl adjacent to an activating group) is 1.